The Hall–Kier alpha value is -1.40. The molecule has 5 nitrogen and oxygen atoms in total. The molecule has 0 saturated carbocycles. The number of hydrogen-bond donors (Lipinski definition) is 2. The van der Waals surface area contributed by atoms with E-state index in [0.717, 1.165) is 0 Å². The molecule has 0 amide bonds. The Morgan fingerprint density at radius 3 is 2.64 bits per heavy atom. The van der Waals surface area contributed by atoms with Crippen LogP contribution in [0.1, 0.15) is 15.9 Å². The number of carbonyl (C=O) groups is 1. The van der Waals surface area contributed by atoms with E-state index >= 15 is 0 Å². The van der Waals surface area contributed by atoms with Crippen molar-refractivity contribution in [3.63, 3.8) is 0 Å². The number of pyridine rings is 1. The van der Waals surface area contributed by atoms with Crippen LogP contribution in [0.2, 0.25) is 0 Å². The summed E-state index contributed by atoms with van der Waals surface area (Å²) in [6.45, 7) is 1.60. The maximum atomic E-state index is 11.2. The molecule has 0 bridgehead atoms. The molecule has 0 saturated heterocycles. The highest BCUT2D eigenvalue weighted by atomic mass is 16.5. The predicted octanol–water partition coefficient (Wildman–Crippen LogP) is -1.14. The van der Waals surface area contributed by atoms with Crippen molar-refractivity contribution in [3.8, 4) is 0 Å². The van der Waals surface area contributed by atoms with Crippen molar-refractivity contribution in [1.82, 2.24) is 4.98 Å². The fourth-order valence-corrected chi connectivity index (χ4v) is 1.12. The summed E-state index contributed by atoms with van der Waals surface area (Å²) in [5, 5.41) is 17.9. The van der Waals surface area contributed by atoms with Gasteiger partial charge in [-0.15, -0.1) is 0 Å². The molecule has 0 radical (unpaired) electrons. The minimum Gasteiger partial charge on any atom is -0.465 e. The van der Waals surface area contributed by atoms with E-state index < -0.39 is 13.1 Å². The minimum absolute atomic E-state index is 0.202. The van der Waals surface area contributed by atoms with E-state index in [9.17, 15) is 4.79 Å². The van der Waals surface area contributed by atoms with Crippen LogP contribution in [-0.2, 0) is 4.74 Å². The van der Waals surface area contributed by atoms with Gasteiger partial charge in [-0.05, 0) is 12.5 Å². The van der Waals surface area contributed by atoms with Crippen LogP contribution in [0.25, 0.3) is 0 Å². The first-order valence-electron chi connectivity index (χ1n) is 3.97. The molecule has 1 rings (SSSR count). The first-order valence-corrected chi connectivity index (χ1v) is 3.97. The molecule has 1 heterocycles. The van der Waals surface area contributed by atoms with Crippen LogP contribution in [0.15, 0.2) is 12.4 Å². The number of esters is 1. The Balaban J connectivity index is 3.20. The number of hydrogen-bond acceptors (Lipinski definition) is 5. The summed E-state index contributed by atoms with van der Waals surface area (Å²) in [4.78, 5) is 14.9. The maximum Gasteiger partial charge on any atom is 0.490 e. The lowest BCUT2D eigenvalue weighted by Gasteiger charge is -2.07. The van der Waals surface area contributed by atoms with E-state index in [-0.39, 0.29) is 11.0 Å². The summed E-state index contributed by atoms with van der Waals surface area (Å²) in [7, 11) is -0.379. The molecule has 0 aliphatic heterocycles. The molecule has 0 aromatic carbocycles. The SMILES string of the molecule is COC(=O)c1cncc(B(O)O)c1C. The van der Waals surface area contributed by atoms with Gasteiger partial charge >= 0.3 is 13.1 Å². The van der Waals surface area contributed by atoms with Crippen LogP contribution in [0.4, 0.5) is 0 Å². The lowest BCUT2D eigenvalue weighted by Crippen LogP contribution is -2.33. The van der Waals surface area contributed by atoms with Gasteiger partial charge in [-0.2, -0.15) is 0 Å². The molecular formula is C8H10BNO4. The molecule has 0 aliphatic rings. The molecule has 0 atom stereocenters. The maximum absolute atomic E-state index is 11.2. The molecule has 2 N–H and O–H groups in total. The second-order valence-electron chi connectivity index (χ2n) is 2.77. The lowest BCUT2D eigenvalue weighted by molar-refractivity contribution is 0.0599. The molecule has 1 aromatic rings. The standard InChI is InChI=1S/C8H10BNO4/c1-5-6(8(11)14-2)3-10-4-7(5)9(12)13/h3-4,12-13H,1-2H3. The third-order valence-corrected chi connectivity index (χ3v) is 1.94. The van der Waals surface area contributed by atoms with Gasteiger partial charge < -0.3 is 14.8 Å². The Morgan fingerprint density at radius 2 is 2.14 bits per heavy atom. The predicted molar refractivity (Wildman–Crippen MR) is 50.1 cm³/mol. The summed E-state index contributed by atoms with van der Waals surface area (Å²) < 4.78 is 4.51. The van der Waals surface area contributed by atoms with Crippen molar-refractivity contribution in [2.45, 2.75) is 6.92 Å². The third-order valence-electron chi connectivity index (χ3n) is 1.94. The average Bonchev–Trinajstić information content (AvgIpc) is 2.16. The number of rotatable bonds is 2. The number of aromatic nitrogens is 1. The molecule has 6 heteroatoms. The van der Waals surface area contributed by atoms with Crippen LogP contribution < -0.4 is 5.46 Å². The molecule has 0 aliphatic carbocycles. The van der Waals surface area contributed by atoms with Gasteiger partial charge in [0.05, 0.1) is 12.7 Å². The van der Waals surface area contributed by atoms with Gasteiger partial charge in [0, 0.05) is 17.9 Å². The Bertz CT molecular complexity index is 353. The second kappa shape index (κ2) is 4.21. The molecule has 0 unspecified atom stereocenters. The number of methoxy groups -OCH3 is 1. The topological polar surface area (TPSA) is 79.7 Å². The van der Waals surface area contributed by atoms with Gasteiger partial charge in [-0.1, -0.05) is 0 Å². The van der Waals surface area contributed by atoms with Crippen molar-refractivity contribution in [1.29, 1.82) is 0 Å². The van der Waals surface area contributed by atoms with Crippen molar-refractivity contribution in [2.24, 2.45) is 0 Å². The largest absolute Gasteiger partial charge is 0.490 e. The van der Waals surface area contributed by atoms with Gasteiger partial charge in [-0.25, -0.2) is 4.79 Å². The number of nitrogens with zero attached hydrogens (tertiary/aromatic N) is 1. The Kier molecular flexibility index (Phi) is 3.21. The summed E-state index contributed by atoms with van der Waals surface area (Å²) >= 11 is 0. The number of ether oxygens (including phenoxy) is 1. The zero-order valence-electron chi connectivity index (χ0n) is 7.89. The van der Waals surface area contributed by atoms with Crippen LogP contribution in [0, 0.1) is 6.92 Å². The number of carbonyl (C=O) groups excluding carboxylic acids is 1. The summed E-state index contributed by atoms with van der Waals surface area (Å²) in [6.07, 6.45) is 2.62. The first-order chi connectivity index (χ1) is 6.57. The van der Waals surface area contributed by atoms with Crippen molar-refractivity contribution < 1.29 is 19.6 Å². The molecule has 0 fully saturated rings. The van der Waals surface area contributed by atoms with Gasteiger partial charge in [0.15, 0.2) is 0 Å². The first kappa shape index (κ1) is 10.7. The fraction of sp³-hybridized carbons (Fsp3) is 0.250. The van der Waals surface area contributed by atoms with E-state index in [1.807, 2.05) is 0 Å². The normalized spacial score (nSPS) is 9.71. The highest BCUT2D eigenvalue weighted by Gasteiger charge is 2.19. The molecular weight excluding hydrogens is 185 g/mol. The second-order valence-corrected chi connectivity index (χ2v) is 2.77. The van der Waals surface area contributed by atoms with E-state index in [1.54, 1.807) is 6.92 Å². The third kappa shape index (κ3) is 1.91. The van der Waals surface area contributed by atoms with E-state index in [0.29, 0.717) is 5.56 Å². The van der Waals surface area contributed by atoms with Gasteiger partial charge in [0.2, 0.25) is 0 Å². The van der Waals surface area contributed by atoms with Crippen LogP contribution in [-0.4, -0.2) is 35.2 Å². The average molecular weight is 195 g/mol. The lowest BCUT2D eigenvalue weighted by atomic mass is 9.77. The van der Waals surface area contributed by atoms with Crippen molar-refractivity contribution in [2.75, 3.05) is 7.11 Å². The van der Waals surface area contributed by atoms with Crippen LogP contribution in [0.3, 0.4) is 0 Å². The highest BCUT2D eigenvalue weighted by Crippen LogP contribution is 2.04. The minimum atomic E-state index is -1.63. The molecule has 74 valence electrons. The quantitative estimate of drug-likeness (QED) is 0.460. The molecule has 14 heavy (non-hydrogen) atoms. The Morgan fingerprint density at radius 1 is 1.50 bits per heavy atom. The highest BCUT2D eigenvalue weighted by molar-refractivity contribution is 6.59. The van der Waals surface area contributed by atoms with Gasteiger partial charge in [0.25, 0.3) is 0 Å². The van der Waals surface area contributed by atoms with Crippen molar-refractivity contribution >= 4 is 18.6 Å². The fourth-order valence-electron chi connectivity index (χ4n) is 1.12. The van der Waals surface area contributed by atoms with E-state index in [1.165, 1.54) is 19.5 Å². The summed E-state index contributed by atoms with van der Waals surface area (Å²) in [5.41, 5.74) is 0.896. The van der Waals surface area contributed by atoms with Crippen LogP contribution in [0.5, 0.6) is 0 Å². The van der Waals surface area contributed by atoms with Gasteiger partial charge in [-0.3, -0.25) is 4.98 Å². The van der Waals surface area contributed by atoms with Crippen molar-refractivity contribution in [3.05, 3.63) is 23.5 Å². The van der Waals surface area contributed by atoms with Crippen LogP contribution >= 0.6 is 0 Å². The van der Waals surface area contributed by atoms with Gasteiger partial charge in [0.1, 0.15) is 0 Å². The van der Waals surface area contributed by atoms with E-state index in [4.69, 9.17) is 10.0 Å². The van der Waals surface area contributed by atoms with E-state index in [2.05, 4.69) is 9.72 Å². The summed E-state index contributed by atoms with van der Waals surface area (Å²) in [5.74, 6) is -0.544. The zero-order chi connectivity index (χ0) is 10.7. The molecule has 1 aromatic heterocycles. The summed E-state index contributed by atoms with van der Waals surface area (Å²) in [6, 6.07) is 0. The zero-order valence-corrected chi connectivity index (χ0v) is 7.89. The molecule has 0 spiro atoms. The smallest absolute Gasteiger partial charge is 0.465 e. The Labute approximate surface area is 81.5 Å². The monoisotopic (exact) mass is 195 g/mol.